The van der Waals surface area contributed by atoms with E-state index in [1.54, 1.807) is 5.51 Å². The van der Waals surface area contributed by atoms with Crippen LogP contribution in [0.3, 0.4) is 0 Å². The summed E-state index contributed by atoms with van der Waals surface area (Å²) in [6.45, 7) is 1.34. The summed E-state index contributed by atoms with van der Waals surface area (Å²) in [7, 11) is 1.39. The number of carbonyl (C=O) groups excluding carboxylic acids is 1. The van der Waals surface area contributed by atoms with Gasteiger partial charge in [0.25, 0.3) is 0 Å². The summed E-state index contributed by atoms with van der Waals surface area (Å²) in [5, 5.41) is 13.4. The van der Waals surface area contributed by atoms with Crippen LogP contribution in [0.4, 0.5) is 0 Å². The van der Waals surface area contributed by atoms with Crippen molar-refractivity contribution in [3.05, 3.63) is 16.6 Å². The summed E-state index contributed by atoms with van der Waals surface area (Å²) in [5.74, 6) is -1.45. The molecule has 1 atom stereocenters. The number of aliphatic carboxylic acids is 1. The van der Waals surface area contributed by atoms with Crippen LogP contribution in [0.5, 0.6) is 0 Å². The Morgan fingerprint density at radius 1 is 1.61 bits per heavy atom. The van der Waals surface area contributed by atoms with E-state index in [4.69, 9.17) is 9.84 Å². The average Bonchev–Trinajstić information content (AvgIpc) is 2.79. The Bertz CT molecular complexity index is 407. The van der Waals surface area contributed by atoms with Crippen molar-refractivity contribution in [1.82, 2.24) is 10.3 Å². The summed E-state index contributed by atoms with van der Waals surface area (Å²) in [5.41, 5.74) is 1.13. The van der Waals surface area contributed by atoms with Crippen molar-refractivity contribution in [2.75, 3.05) is 13.7 Å². The molecule has 0 spiro atoms. The Morgan fingerprint density at radius 2 is 2.33 bits per heavy atom. The summed E-state index contributed by atoms with van der Waals surface area (Å²) in [6, 6.07) is 0. The fourth-order valence-electron chi connectivity index (χ4n) is 1.41. The van der Waals surface area contributed by atoms with Crippen LogP contribution < -0.4 is 5.32 Å². The number of carboxylic acids is 1. The van der Waals surface area contributed by atoms with E-state index in [2.05, 4.69) is 10.3 Å². The maximum atomic E-state index is 11.7. The first-order chi connectivity index (χ1) is 8.48. The van der Waals surface area contributed by atoms with Gasteiger partial charge in [-0.1, -0.05) is 0 Å². The Balaban J connectivity index is 2.49. The third-order valence-corrected chi connectivity index (χ3v) is 3.05. The van der Waals surface area contributed by atoms with Gasteiger partial charge in [0.05, 0.1) is 17.8 Å². The number of aromatic nitrogens is 1. The van der Waals surface area contributed by atoms with E-state index in [0.717, 1.165) is 5.69 Å². The van der Waals surface area contributed by atoms with Crippen LogP contribution in [-0.2, 0) is 20.7 Å². The summed E-state index contributed by atoms with van der Waals surface area (Å²) in [4.78, 5) is 26.8. The van der Waals surface area contributed by atoms with Crippen LogP contribution in [0.15, 0.2) is 10.9 Å². The van der Waals surface area contributed by atoms with Crippen LogP contribution >= 0.6 is 11.3 Å². The predicted octanol–water partition coefficient (Wildman–Crippen LogP) is 0.682. The number of rotatable bonds is 7. The van der Waals surface area contributed by atoms with E-state index < -0.39 is 11.5 Å². The zero-order valence-corrected chi connectivity index (χ0v) is 11.1. The van der Waals surface area contributed by atoms with Gasteiger partial charge < -0.3 is 15.2 Å². The molecule has 1 unspecified atom stereocenters. The number of aryl methyl sites for hydroxylation is 1. The number of hydrogen-bond donors (Lipinski definition) is 2. The number of carbonyl (C=O) groups is 2. The van der Waals surface area contributed by atoms with Crippen molar-refractivity contribution in [2.45, 2.75) is 25.3 Å². The zero-order valence-electron chi connectivity index (χ0n) is 10.3. The lowest BCUT2D eigenvalue weighted by molar-refractivity contribution is -0.149. The second-order valence-corrected chi connectivity index (χ2v) is 4.82. The molecule has 6 nitrogen and oxygen atoms in total. The first-order valence-corrected chi connectivity index (χ1v) is 6.32. The molecule has 18 heavy (non-hydrogen) atoms. The molecule has 0 fully saturated rings. The van der Waals surface area contributed by atoms with Crippen LogP contribution in [0, 0.1) is 0 Å². The van der Waals surface area contributed by atoms with Gasteiger partial charge in [-0.2, -0.15) is 0 Å². The summed E-state index contributed by atoms with van der Waals surface area (Å²) in [6.07, 6.45) is 0.703. The van der Waals surface area contributed by atoms with Gasteiger partial charge in [0.15, 0.2) is 5.54 Å². The van der Waals surface area contributed by atoms with Gasteiger partial charge in [-0.15, -0.1) is 11.3 Å². The third kappa shape index (κ3) is 4.08. The van der Waals surface area contributed by atoms with Gasteiger partial charge in [-0.3, -0.25) is 4.79 Å². The number of nitrogens with one attached hydrogen (secondary N) is 1. The minimum absolute atomic E-state index is 0.0786. The van der Waals surface area contributed by atoms with Crippen molar-refractivity contribution < 1.29 is 19.4 Å². The van der Waals surface area contributed by atoms with Crippen molar-refractivity contribution in [2.24, 2.45) is 0 Å². The normalized spacial score (nSPS) is 13.9. The minimum atomic E-state index is -1.39. The van der Waals surface area contributed by atoms with Crippen molar-refractivity contribution in [3.8, 4) is 0 Å². The number of hydrogen-bond acceptors (Lipinski definition) is 5. The molecule has 0 saturated carbocycles. The monoisotopic (exact) mass is 272 g/mol. The van der Waals surface area contributed by atoms with Crippen molar-refractivity contribution in [1.29, 1.82) is 0 Å². The summed E-state index contributed by atoms with van der Waals surface area (Å²) < 4.78 is 4.81. The Hall–Kier alpha value is -1.47. The van der Waals surface area contributed by atoms with Crippen molar-refractivity contribution >= 4 is 23.2 Å². The third-order valence-electron chi connectivity index (χ3n) is 2.41. The lowest BCUT2D eigenvalue weighted by Gasteiger charge is -2.25. The Morgan fingerprint density at radius 3 is 2.83 bits per heavy atom. The molecular formula is C11H16N2O4S. The fraction of sp³-hybridized carbons (Fsp3) is 0.545. The van der Waals surface area contributed by atoms with Crippen LogP contribution in [0.25, 0.3) is 0 Å². The zero-order chi connectivity index (χ0) is 13.6. The van der Waals surface area contributed by atoms with Crippen LogP contribution in [-0.4, -0.2) is 41.2 Å². The molecule has 1 heterocycles. The van der Waals surface area contributed by atoms with E-state index in [1.807, 2.05) is 5.38 Å². The largest absolute Gasteiger partial charge is 0.479 e. The van der Waals surface area contributed by atoms with E-state index >= 15 is 0 Å². The minimum Gasteiger partial charge on any atom is -0.479 e. The molecule has 0 bridgehead atoms. The number of ether oxygens (including phenoxy) is 1. The molecule has 1 rings (SSSR count). The number of nitrogens with zero attached hydrogens (tertiary/aromatic N) is 1. The molecule has 7 heteroatoms. The maximum absolute atomic E-state index is 11.7. The SMILES string of the molecule is COCC(C)(NC(=O)CCc1cscn1)C(=O)O. The smallest absolute Gasteiger partial charge is 0.331 e. The van der Waals surface area contributed by atoms with Gasteiger partial charge in [-0.25, -0.2) is 9.78 Å². The number of carboxylic acid groups (broad SMARTS) is 1. The molecule has 2 N–H and O–H groups in total. The molecule has 0 aliphatic carbocycles. The highest BCUT2D eigenvalue weighted by Crippen LogP contribution is 2.07. The molecule has 0 saturated heterocycles. The van der Waals surface area contributed by atoms with Gasteiger partial charge in [0.1, 0.15) is 0 Å². The van der Waals surface area contributed by atoms with Crippen LogP contribution in [0.1, 0.15) is 19.0 Å². The lowest BCUT2D eigenvalue weighted by atomic mass is 10.0. The molecule has 0 aliphatic heterocycles. The molecule has 0 aliphatic rings. The molecule has 100 valence electrons. The number of methoxy groups -OCH3 is 1. The second-order valence-electron chi connectivity index (χ2n) is 4.10. The Labute approximate surface area is 109 Å². The average molecular weight is 272 g/mol. The second kappa shape index (κ2) is 6.46. The Kier molecular flexibility index (Phi) is 5.24. The van der Waals surface area contributed by atoms with E-state index in [9.17, 15) is 9.59 Å². The summed E-state index contributed by atoms with van der Waals surface area (Å²) >= 11 is 1.46. The van der Waals surface area contributed by atoms with E-state index in [-0.39, 0.29) is 18.9 Å². The molecular weight excluding hydrogens is 256 g/mol. The first-order valence-electron chi connectivity index (χ1n) is 5.38. The topological polar surface area (TPSA) is 88.5 Å². The van der Waals surface area contributed by atoms with Crippen LogP contribution in [0.2, 0.25) is 0 Å². The molecule has 1 amide bonds. The number of thiazole rings is 1. The van der Waals surface area contributed by atoms with Gasteiger partial charge in [0, 0.05) is 18.9 Å². The molecule has 0 aromatic carbocycles. The molecule has 0 radical (unpaired) electrons. The van der Waals surface area contributed by atoms with Crippen molar-refractivity contribution in [3.63, 3.8) is 0 Å². The highest BCUT2D eigenvalue weighted by molar-refractivity contribution is 7.07. The quantitative estimate of drug-likeness (QED) is 0.762. The number of amides is 1. The van der Waals surface area contributed by atoms with Gasteiger partial charge in [-0.05, 0) is 13.3 Å². The standard InChI is InChI=1S/C11H16N2O4S/c1-11(6-17-2,10(15)16)13-9(14)4-3-8-5-18-7-12-8/h5,7H,3-4,6H2,1-2H3,(H,13,14)(H,15,16). The fourth-order valence-corrected chi connectivity index (χ4v) is 2.01. The maximum Gasteiger partial charge on any atom is 0.331 e. The predicted molar refractivity (Wildman–Crippen MR) is 66.5 cm³/mol. The van der Waals surface area contributed by atoms with Gasteiger partial charge in [0.2, 0.25) is 5.91 Å². The highest BCUT2D eigenvalue weighted by Gasteiger charge is 2.34. The lowest BCUT2D eigenvalue weighted by Crippen LogP contribution is -2.55. The van der Waals surface area contributed by atoms with E-state index in [0.29, 0.717) is 6.42 Å². The first kappa shape index (κ1) is 14.6. The highest BCUT2D eigenvalue weighted by atomic mass is 32.1. The van der Waals surface area contributed by atoms with Gasteiger partial charge >= 0.3 is 5.97 Å². The molecule has 1 aromatic rings. The molecule has 1 aromatic heterocycles. The van der Waals surface area contributed by atoms with E-state index in [1.165, 1.54) is 25.4 Å².